The molecule has 2 rings (SSSR count). The summed E-state index contributed by atoms with van der Waals surface area (Å²) in [6.07, 6.45) is 1.82. The summed E-state index contributed by atoms with van der Waals surface area (Å²) in [6.45, 7) is 0. The minimum Gasteiger partial charge on any atom is -0.414 e. The van der Waals surface area contributed by atoms with Gasteiger partial charge in [0.1, 0.15) is 5.75 Å². The highest BCUT2D eigenvalue weighted by molar-refractivity contribution is 6.61. The molecule has 0 saturated heterocycles. The van der Waals surface area contributed by atoms with Gasteiger partial charge >= 0.3 is 5.43 Å². The summed E-state index contributed by atoms with van der Waals surface area (Å²) in [6, 6.07) is 7.14. The van der Waals surface area contributed by atoms with Crippen LogP contribution < -0.4 is 4.74 Å². The van der Waals surface area contributed by atoms with Crippen molar-refractivity contribution in [3.05, 3.63) is 30.5 Å². The summed E-state index contributed by atoms with van der Waals surface area (Å²) in [7, 11) is 0. The van der Waals surface area contributed by atoms with Crippen LogP contribution in [0.5, 0.6) is 5.75 Å². The number of nitrogens with one attached hydrogen (secondary N) is 1. The van der Waals surface area contributed by atoms with E-state index in [0.29, 0.717) is 5.75 Å². The van der Waals surface area contributed by atoms with Crippen molar-refractivity contribution in [1.29, 1.82) is 0 Å². The number of carbonyl (C=O) groups is 1. The quantitative estimate of drug-likeness (QED) is 0.711. The normalized spacial score (nSPS) is 10.2. The van der Waals surface area contributed by atoms with Crippen molar-refractivity contribution < 1.29 is 9.53 Å². The summed E-state index contributed by atoms with van der Waals surface area (Å²) < 4.78 is 4.70. The Hall–Kier alpha value is -1.48. The molecule has 13 heavy (non-hydrogen) atoms. The van der Waals surface area contributed by atoms with Gasteiger partial charge in [0, 0.05) is 28.7 Å². The second-order valence-corrected chi connectivity index (χ2v) is 2.88. The van der Waals surface area contributed by atoms with Gasteiger partial charge in [0.05, 0.1) is 0 Å². The zero-order valence-electron chi connectivity index (χ0n) is 6.58. The molecule has 0 aliphatic carbocycles. The van der Waals surface area contributed by atoms with E-state index in [-0.39, 0.29) is 0 Å². The van der Waals surface area contributed by atoms with E-state index in [9.17, 15) is 4.79 Å². The topological polar surface area (TPSA) is 42.1 Å². The van der Waals surface area contributed by atoms with Gasteiger partial charge in [0.2, 0.25) is 0 Å². The van der Waals surface area contributed by atoms with Crippen LogP contribution in [0.3, 0.4) is 0 Å². The molecular weight excluding hydrogens is 190 g/mol. The second-order valence-electron chi connectivity index (χ2n) is 2.57. The number of H-pyrrole nitrogens is 1. The molecule has 1 aromatic carbocycles. The van der Waals surface area contributed by atoms with Crippen molar-refractivity contribution in [3.63, 3.8) is 0 Å². The molecule has 2 aromatic rings. The van der Waals surface area contributed by atoms with Gasteiger partial charge in [-0.3, -0.25) is 0 Å². The smallest absolute Gasteiger partial charge is 0.409 e. The van der Waals surface area contributed by atoms with E-state index in [4.69, 9.17) is 16.3 Å². The number of carbonyl (C=O) groups excluding carboxylic acids is 1. The maximum atomic E-state index is 10.4. The molecule has 0 radical (unpaired) electrons. The Morgan fingerprint density at radius 3 is 3.00 bits per heavy atom. The molecule has 1 aromatic heterocycles. The molecule has 0 fully saturated rings. The fourth-order valence-corrected chi connectivity index (χ4v) is 1.28. The standard InChI is InChI=1S/C9H6ClNO2/c10-9(12)13-7-1-2-8-6(5-7)3-4-11-8/h1-5,11H. The fourth-order valence-electron chi connectivity index (χ4n) is 1.19. The number of aromatic nitrogens is 1. The van der Waals surface area contributed by atoms with Crippen LogP contribution in [0.4, 0.5) is 4.79 Å². The predicted octanol–water partition coefficient (Wildman–Crippen LogP) is 2.91. The van der Waals surface area contributed by atoms with Crippen LogP contribution in [-0.2, 0) is 0 Å². The average Bonchev–Trinajstić information content (AvgIpc) is 2.49. The van der Waals surface area contributed by atoms with Crippen LogP contribution in [-0.4, -0.2) is 10.4 Å². The van der Waals surface area contributed by atoms with Crippen LogP contribution >= 0.6 is 11.6 Å². The van der Waals surface area contributed by atoms with Gasteiger partial charge in [0.25, 0.3) is 0 Å². The summed E-state index contributed by atoms with van der Waals surface area (Å²) in [5.74, 6) is 0.451. The van der Waals surface area contributed by atoms with Crippen LogP contribution in [0.15, 0.2) is 30.5 Å². The van der Waals surface area contributed by atoms with Crippen molar-refractivity contribution in [2.45, 2.75) is 0 Å². The molecule has 3 nitrogen and oxygen atoms in total. The molecule has 1 N–H and O–H groups in total. The lowest BCUT2D eigenvalue weighted by Crippen LogP contribution is -1.95. The molecule has 0 amide bonds. The molecule has 0 aliphatic heterocycles. The zero-order chi connectivity index (χ0) is 9.26. The van der Waals surface area contributed by atoms with E-state index in [2.05, 4.69) is 4.98 Å². The van der Waals surface area contributed by atoms with Crippen molar-refractivity contribution in [2.75, 3.05) is 0 Å². The van der Waals surface area contributed by atoms with Crippen LogP contribution in [0, 0.1) is 0 Å². The molecule has 1 heterocycles. The van der Waals surface area contributed by atoms with Gasteiger partial charge in [-0.15, -0.1) is 0 Å². The fraction of sp³-hybridized carbons (Fsp3) is 0. The molecular formula is C9H6ClNO2. The number of ether oxygens (including phenoxy) is 1. The molecule has 0 atom stereocenters. The summed E-state index contributed by atoms with van der Waals surface area (Å²) >= 11 is 5.07. The zero-order valence-corrected chi connectivity index (χ0v) is 7.34. The van der Waals surface area contributed by atoms with Gasteiger partial charge < -0.3 is 9.72 Å². The largest absolute Gasteiger partial charge is 0.414 e. The average molecular weight is 196 g/mol. The van der Waals surface area contributed by atoms with E-state index in [1.54, 1.807) is 12.1 Å². The first kappa shape index (κ1) is 8.13. The molecule has 66 valence electrons. The molecule has 0 bridgehead atoms. The number of fused-ring (bicyclic) bond motifs is 1. The number of halogens is 1. The van der Waals surface area contributed by atoms with Crippen LogP contribution in [0.25, 0.3) is 10.9 Å². The molecule has 0 saturated carbocycles. The monoisotopic (exact) mass is 195 g/mol. The SMILES string of the molecule is O=C(Cl)Oc1ccc2[nH]ccc2c1. The molecule has 0 unspecified atom stereocenters. The minimum atomic E-state index is -0.824. The van der Waals surface area contributed by atoms with E-state index in [0.717, 1.165) is 10.9 Å². The highest BCUT2D eigenvalue weighted by atomic mass is 35.5. The van der Waals surface area contributed by atoms with Gasteiger partial charge in [-0.2, -0.15) is 0 Å². The van der Waals surface area contributed by atoms with Crippen molar-refractivity contribution in [1.82, 2.24) is 4.98 Å². The third kappa shape index (κ3) is 1.65. The first-order chi connectivity index (χ1) is 6.25. The van der Waals surface area contributed by atoms with Crippen molar-refractivity contribution in [3.8, 4) is 5.75 Å². The lowest BCUT2D eigenvalue weighted by Gasteiger charge is -1.98. The molecule has 0 spiro atoms. The van der Waals surface area contributed by atoms with E-state index in [1.807, 2.05) is 18.3 Å². The molecule has 4 heteroatoms. The maximum absolute atomic E-state index is 10.4. The van der Waals surface area contributed by atoms with Crippen molar-refractivity contribution in [2.24, 2.45) is 0 Å². The van der Waals surface area contributed by atoms with Gasteiger partial charge in [-0.25, -0.2) is 4.79 Å². The number of rotatable bonds is 1. The van der Waals surface area contributed by atoms with Crippen molar-refractivity contribution >= 4 is 27.9 Å². The number of hydrogen-bond acceptors (Lipinski definition) is 2. The van der Waals surface area contributed by atoms with Gasteiger partial charge in [0.15, 0.2) is 0 Å². The Labute approximate surface area is 79.3 Å². The lowest BCUT2D eigenvalue weighted by molar-refractivity contribution is 0.225. The van der Waals surface area contributed by atoms with Gasteiger partial charge in [-0.05, 0) is 24.3 Å². The predicted molar refractivity (Wildman–Crippen MR) is 50.2 cm³/mol. The van der Waals surface area contributed by atoms with E-state index in [1.165, 1.54) is 0 Å². The van der Waals surface area contributed by atoms with Crippen LogP contribution in [0.2, 0.25) is 0 Å². The first-order valence-corrected chi connectivity index (χ1v) is 4.08. The highest BCUT2D eigenvalue weighted by Gasteiger charge is 2.01. The number of aromatic amines is 1. The second kappa shape index (κ2) is 3.11. The number of benzene rings is 1. The van der Waals surface area contributed by atoms with E-state index < -0.39 is 5.43 Å². The van der Waals surface area contributed by atoms with Gasteiger partial charge in [-0.1, -0.05) is 0 Å². The Morgan fingerprint density at radius 1 is 1.38 bits per heavy atom. The Balaban J connectivity index is 2.42. The molecule has 0 aliphatic rings. The highest BCUT2D eigenvalue weighted by Crippen LogP contribution is 2.20. The third-order valence-corrected chi connectivity index (χ3v) is 1.80. The minimum absolute atomic E-state index is 0.451. The third-order valence-electron chi connectivity index (χ3n) is 1.72. The lowest BCUT2D eigenvalue weighted by atomic mass is 10.2. The first-order valence-electron chi connectivity index (χ1n) is 3.70. The Morgan fingerprint density at radius 2 is 2.23 bits per heavy atom. The Kier molecular flexibility index (Phi) is 1.94. The summed E-state index contributed by atoms with van der Waals surface area (Å²) in [4.78, 5) is 13.4. The Bertz CT molecular complexity index is 450. The van der Waals surface area contributed by atoms with Crippen LogP contribution in [0.1, 0.15) is 0 Å². The maximum Gasteiger partial charge on any atom is 0.409 e. The number of hydrogen-bond donors (Lipinski definition) is 1. The summed E-state index contributed by atoms with van der Waals surface area (Å²) in [5.41, 5.74) is 0.171. The van der Waals surface area contributed by atoms with E-state index >= 15 is 0 Å². The summed E-state index contributed by atoms with van der Waals surface area (Å²) in [5, 5.41) is 0.982.